The summed E-state index contributed by atoms with van der Waals surface area (Å²) in [7, 11) is -3.78. The Hall–Kier alpha value is -3.37. The zero-order valence-electron chi connectivity index (χ0n) is 14.4. The molecule has 1 heterocycles. The van der Waals surface area contributed by atoms with Crippen molar-refractivity contribution in [3.63, 3.8) is 0 Å². The molecule has 144 valence electrons. The maximum absolute atomic E-state index is 13.0. The third kappa shape index (κ3) is 4.87. The van der Waals surface area contributed by atoms with Gasteiger partial charge in [-0.15, -0.1) is 0 Å². The maximum Gasteiger partial charge on any atom is 0.258 e. The van der Waals surface area contributed by atoms with Gasteiger partial charge in [0, 0.05) is 12.7 Å². The number of hydrogen-bond donors (Lipinski definition) is 2. The highest BCUT2D eigenvalue weighted by Gasteiger charge is 2.15. The van der Waals surface area contributed by atoms with Crippen LogP contribution in [0.3, 0.4) is 0 Å². The predicted octanol–water partition coefficient (Wildman–Crippen LogP) is 1.99. The lowest BCUT2D eigenvalue weighted by molar-refractivity contribution is 0.0947. The van der Waals surface area contributed by atoms with Crippen molar-refractivity contribution >= 4 is 15.9 Å². The van der Waals surface area contributed by atoms with Crippen LogP contribution in [0.4, 0.5) is 4.39 Å². The van der Waals surface area contributed by atoms with Gasteiger partial charge in [-0.2, -0.15) is 0 Å². The van der Waals surface area contributed by atoms with Crippen LogP contribution in [0, 0.1) is 5.82 Å². The maximum atomic E-state index is 13.0. The minimum Gasteiger partial charge on any atom is -0.438 e. The highest BCUT2D eigenvalue weighted by atomic mass is 32.2. The molecule has 3 rings (SSSR count). The molecule has 0 unspecified atom stereocenters. The number of nitrogens with zero attached hydrogens (tertiary/aromatic N) is 2. The number of ether oxygens (including phenoxy) is 1. The minimum atomic E-state index is -3.78. The highest BCUT2D eigenvalue weighted by Crippen LogP contribution is 2.22. The fourth-order valence-electron chi connectivity index (χ4n) is 2.24. The second-order valence-corrected chi connectivity index (χ2v) is 7.23. The Morgan fingerprint density at radius 3 is 2.43 bits per heavy atom. The summed E-state index contributed by atoms with van der Waals surface area (Å²) in [6.07, 6.45) is 2.52. The Balaban J connectivity index is 1.70. The molecule has 0 saturated carbocycles. The fraction of sp³-hybridized carbons (Fsp3) is 0.0556. The molecular weight excluding hydrogens is 387 g/mol. The molecule has 0 fully saturated rings. The lowest BCUT2D eigenvalue weighted by atomic mass is 10.2. The molecule has 0 saturated heterocycles. The second kappa shape index (κ2) is 8.11. The first-order chi connectivity index (χ1) is 13.3. The molecule has 1 aromatic heterocycles. The largest absolute Gasteiger partial charge is 0.438 e. The number of benzene rings is 2. The SMILES string of the molecule is NS(=O)(=O)c1ccc(CNC(=O)c2cncnc2Oc2ccc(F)cc2)cc1. The van der Waals surface area contributed by atoms with E-state index in [0.717, 1.165) is 0 Å². The number of sulfonamides is 1. The van der Waals surface area contributed by atoms with Gasteiger partial charge in [-0.3, -0.25) is 4.79 Å². The normalized spacial score (nSPS) is 11.1. The molecule has 10 heteroatoms. The van der Waals surface area contributed by atoms with E-state index in [0.29, 0.717) is 11.3 Å². The van der Waals surface area contributed by atoms with E-state index in [4.69, 9.17) is 9.88 Å². The molecule has 0 radical (unpaired) electrons. The number of nitrogens with two attached hydrogens (primary N) is 1. The summed E-state index contributed by atoms with van der Waals surface area (Å²) in [5.41, 5.74) is 0.756. The van der Waals surface area contributed by atoms with Gasteiger partial charge in [-0.25, -0.2) is 27.9 Å². The number of halogens is 1. The molecule has 0 aliphatic rings. The van der Waals surface area contributed by atoms with Crippen LogP contribution in [-0.2, 0) is 16.6 Å². The van der Waals surface area contributed by atoms with E-state index in [2.05, 4.69) is 15.3 Å². The summed E-state index contributed by atoms with van der Waals surface area (Å²) in [5.74, 6) is -0.578. The zero-order chi connectivity index (χ0) is 20.1. The van der Waals surface area contributed by atoms with E-state index in [1.54, 1.807) is 0 Å². The molecule has 2 aromatic carbocycles. The van der Waals surface area contributed by atoms with E-state index < -0.39 is 21.7 Å². The van der Waals surface area contributed by atoms with Gasteiger partial charge >= 0.3 is 0 Å². The number of primary sulfonamides is 1. The molecule has 0 aliphatic heterocycles. The van der Waals surface area contributed by atoms with Crippen LogP contribution in [0.15, 0.2) is 66.0 Å². The van der Waals surface area contributed by atoms with Crippen LogP contribution in [-0.4, -0.2) is 24.3 Å². The van der Waals surface area contributed by atoms with Crippen molar-refractivity contribution in [2.24, 2.45) is 5.14 Å². The molecule has 0 bridgehead atoms. The average molecular weight is 402 g/mol. The van der Waals surface area contributed by atoms with E-state index in [9.17, 15) is 17.6 Å². The molecule has 0 atom stereocenters. The van der Waals surface area contributed by atoms with Gasteiger partial charge < -0.3 is 10.1 Å². The first-order valence-electron chi connectivity index (χ1n) is 7.96. The van der Waals surface area contributed by atoms with Gasteiger partial charge in [0.1, 0.15) is 23.5 Å². The molecule has 3 aromatic rings. The molecule has 8 nitrogen and oxygen atoms in total. The summed E-state index contributed by atoms with van der Waals surface area (Å²) < 4.78 is 41.1. The lowest BCUT2D eigenvalue weighted by Crippen LogP contribution is -2.23. The number of hydrogen-bond acceptors (Lipinski definition) is 6. The third-order valence-corrected chi connectivity index (χ3v) is 4.58. The van der Waals surface area contributed by atoms with Crippen molar-refractivity contribution in [2.75, 3.05) is 0 Å². The Bertz CT molecular complexity index is 1090. The number of nitrogens with one attached hydrogen (secondary N) is 1. The van der Waals surface area contributed by atoms with Gasteiger partial charge in [0.25, 0.3) is 5.91 Å². The second-order valence-electron chi connectivity index (χ2n) is 5.67. The first-order valence-corrected chi connectivity index (χ1v) is 9.51. The lowest BCUT2D eigenvalue weighted by Gasteiger charge is -2.10. The van der Waals surface area contributed by atoms with Gasteiger partial charge in [0.15, 0.2) is 0 Å². The number of carbonyl (C=O) groups is 1. The molecular formula is C18H15FN4O4S. The van der Waals surface area contributed by atoms with E-state index in [1.807, 2.05) is 0 Å². The fourth-order valence-corrected chi connectivity index (χ4v) is 2.76. The molecule has 3 N–H and O–H groups in total. The van der Waals surface area contributed by atoms with Crippen molar-refractivity contribution in [3.8, 4) is 11.6 Å². The van der Waals surface area contributed by atoms with Crippen LogP contribution in [0.2, 0.25) is 0 Å². The first kappa shape index (κ1) is 19.4. The number of rotatable bonds is 6. The number of carbonyl (C=O) groups excluding carboxylic acids is 1. The Kier molecular flexibility index (Phi) is 5.62. The topological polar surface area (TPSA) is 124 Å². The molecule has 0 spiro atoms. The Morgan fingerprint density at radius 2 is 1.79 bits per heavy atom. The van der Waals surface area contributed by atoms with Crippen molar-refractivity contribution in [2.45, 2.75) is 11.4 Å². The highest BCUT2D eigenvalue weighted by molar-refractivity contribution is 7.89. The summed E-state index contributed by atoms with van der Waals surface area (Å²) in [5, 5.41) is 7.72. The van der Waals surface area contributed by atoms with Crippen LogP contribution in [0.25, 0.3) is 0 Å². The zero-order valence-corrected chi connectivity index (χ0v) is 15.2. The van der Waals surface area contributed by atoms with Crippen molar-refractivity contribution in [1.82, 2.24) is 15.3 Å². The van der Waals surface area contributed by atoms with Gasteiger partial charge in [0.05, 0.1) is 4.90 Å². The molecule has 1 amide bonds. The predicted molar refractivity (Wildman–Crippen MR) is 97.5 cm³/mol. The van der Waals surface area contributed by atoms with E-state index >= 15 is 0 Å². The van der Waals surface area contributed by atoms with Crippen LogP contribution in [0.1, 0.15) is 15.9 Å². The number of amides is 1. The summed E-state index contributed by atoms with van der Waals surface area (Å²) in [6.45, 7) is 0.134. The summed E-state index contributed by atoms with van der Waals surface area (Å²) in [6, 6.07) is 11.0. The monoisotopic (exact) mass is 402 g/mol. The van der Waals surface area contributed by atoms with E-state index in [1.165, 1.54) is 61.1 Å². The van der Waals surface area contributed by atoms with E-state index in [-0.39, 0.29) is 22.9 Å². The Morgan fingerprint density at radius 1 is 1.11 bits per heavy atom. The number of aromatic nitrogens is 2. The van der Waals surface area contributed by atoms with Crippen LogP contribution >= 0.6 is 0 Å². The van der Waals surface area contributed by atoms with Crippen LogP contribution < -0.4 is 15.2 Å². The average Bonchev–Trinajstić information content (AvgIpc) is 2.68. The molecule has 0 aliphatic carbocycles. The van der Waals surface area contributed by atoms with Crippen molar-refractivity contribution < 1.29 is 22.3 Å². The smallest absolute Gasteiger partial charge is 0.258 e. The van der Waals surface area contributed by atoms with Crippen molar-refractivity contribution in [1.29, 1.82) is 0 Å². The standard InChI is InChI=1S/C18H15FN4O4S/c19-13-3-5-14(6-4-13)27-18-16(10-21-11-23-18)17(24)22-9-12-1-7-15(8-2-12)28(20,25)26/h1-8,10-11H,9H2,(H,22,24)(H2,20,25,26). The molecule has 28 heavy (non-hydrogen) atoms. The van der Waals surface area contributed by atoms with Crippen molar-refractivity contribution in [3.05, 3.63) is 78.0 Å². The summed E-state index contributed by atoms with van der Waals surface area (Å²) in [4.78, 5) is 20.2. The van der Waals surface area contributed by atoms with Gasteiger partial charge in [-0.05, 0) is 42.0 Å². The van der Waals surface area contributed by atoms with Crippen LogP contribution in [0.5, 0.6) is 11.6 Å². The summed E-state index contributed by atoms with van der Waals surface area (Å²) >= 11 is 0. The Labute approximate surface area is 160 Å². The third-order valence-electron chi connectivity index (χ3n) is 3.65. The minimum absolute atomic E-state index is 0.0173. The van der Waals surface area contributed by atoms with Gasteiger partial charge in [-0.1, -0.05) is 12.1 Å². The quantitative estimate of drug-likeness (QED) is 0.650. The van der Waals surface area contributed by atoms with Gasteiger partial charge in [0.2, 0.25) is 15.9 Å².